The number of aryl methyl sites for hydroxylation is 1. The van der Waals surface area contributed by atoms with Gasteiger partial charge in [0.15, 0.2) is 0 Å². The van der Waals surface area contributed by atoms with Gasteiger partial charge in [0.05, 0.1) is 16.9 Å². The zero-order chi connectivity index (χ0) is 18.4. The second kappa shape index (κ2) is 8.34. The molecule has 0 saturated carbocycles. The lowest BCUT2D eigenvalue weighted by atomic mass is 10.3. The van der Waals surface area contributed by atoms with Gasteiger partial charge in [-0.3, -0.25) is 19.0 Å². The summed E-state index contributed by atoms with van der Waals surface area (Å²) in [6, 6.07) is 8.21. The first-order valence-corrected chi connectivity index (χ1v) is 8.90. The van der Waals surface area contributed by atoms with Crippen molar-refractivity contribution in [1.29, 1.82) is 0 Å². The number of nitrogens with zero attached hydrogens (tertiary/aromatic N) is 4. The number of nitrogens with one attached hydrogen (secondary N) is 1. The molecule has 9 heteroatoms. The standard InChI is InChI=1S/C17H17N5O3S/c23-15(18-6-3-8-22-16(24)5-1-7-20-22)11-21-12-19-13(10-17(21)25)14-4-2-9-26-14/h1-2,4-5,7,9-10,12H,3,6,8,11H2,(H,18,23). The van der Waals surface area contributed by atoms with Crippen molar-refractivity contribution < 1.29 is 4.79 Å². The van der Waals surface area contributed by atoms with E-state index in [2.05, 4.69) is 15.4 Å². The van der Waals surface area contributed by atoms with Gasteiger partial charge in [-0.25, -0.2) is 9.67 Å². The molecule has 1 N–H and O–H groups in total. The van der Waals surface area contributed by atoms with Gasteiger partial charge in [0, 0.05) is 31.4 Å². The van der Waals surface area contributed by atoms with Crippen LogP contribution in [-0.4, -0.2) is 31.8 Å². The van der Waals surface area contributed by atoms with E-state index < -0.39 is 0 Å². The van der Waals surface area contributed by atoms with Crippen molar-refractivity contribution in [2.24, 2.45) is 0 Å². The molecule has 0 aliphatic heterocycles. The number of hydrogen-bond acceptors (Lipinski definition) is 6. The van der Waals surface area contributed by atoms with Crippen LogP contribution in [-0.2, 0) is 17.9 Å². The van der Waals surface area contributed by atoms with Crippen LogP contribution in [0.4, 0.5) is 0 Å². The van der Waals surface area contributed by atoms with E-state index in [4.69, 9.17) is 0 Å². The molecule has 1 amide bonds. The number of thiophene rings is 1. The fraction of sp³-hybridized carbons (Fsp3) is 0.235. The minimum Gasteiger partial charge on any atom is -0.354 e. The molecule has 3 aromatic rings. The highest BCUT2D eigenvalue weighted by molar-refractivity contribution is 7.13. The minimum atomic E-state index is -0.286. The Hall–Kier alpha value is -3.07. The molecule has 0 spiro atoms. The first kappa shape index (κ1) is 17.7. The van der Waals surface area contributed by atoms with Gasteiger partial charge in [-0.1, -0.05) is 6.07 Å². The van der Waals surface area contributed by atoms with Crippen LogP contribution in [0.25, 0.3) is 10.6 Å². The van der Waals surface area contributed by atoms with Crippen molar-refractivity contribution in [3.05, 3.63) is 68.9 Å². The van der Waals surface area contributed by atoms with Gasteiger partial charge in [0.1, 0.15) is 6.54 Å². The van der Waals surface area contributed by atoms with Crippen LogP contribution >= 0.6 is 11.3 Å². The van der Waals surface area contributed by atoms with Crippen LogP contribution in [0, 0.1) is 0 Å². The Kier molecular flexibility index (Phi) is 5.69. The summed E-state index contributed by atoms with van der Waals surface area (Å²) in [7, 11) is 0. The highest BCUT2D eigenvalue weighted by atomic mass is 32.1. The number of carbonyl (C=O) groups excluding carboxylic acids is 1. The van der Waals surface area contributed by atoms with Crippen LogP contribution in [0.15, 0.2) is 57.8 Å². The molecule has 3 rings (SSSR count). The molecular weight excluding hydrogens is 354 g/mol. The molecule has 0 atom stereocenters. The SMILES string of the molecule is O=C(Cn1cnc(-c2cccs2)cc1=O)NCCCn1ncccc1=O. The summed E-state index contributed by atoms with van der Waals surface area (Å²) >= 11 is 1.50. The predicted molar refractivity (Wildman–Crippen MR) is 97.9 cm³/mol. The molecule has 3 heterocycles. The van der Waals surface area contributed by atoms with Crippen molar-refractivity contribution >= 4 is 17.2 Å². The number of aromatic nitrogens is 4. The predicted octanol–water partition coefficient (Wildman–Crippen LogP) is 0.735. The molecule has 0 bridgehead atoms. The first-order chi connectivity index (χ1) is 12.6. The second-order valence-corrected chi connectivity index (χ2v) is 6.45. The molecule has 0 aliphatic rings. The molecular formula is C17H17N5O3S. The third-order valence-corrected chi connectivity index (χ3v) is 4.51. The number of rotatable bonds is 7. The van der Waals surface area contributed by atoms with Gasteiger partial charge in [-0.05, 0) is 23.9 Å². The third kappa shape index (κ3) is 4.51. The average Bonchev–Trinajstić information content (AvgIpc) is 3.16. The Labute approximate surface area is 152 Å². The smallest absolute Gasteiger partial charge is 0.266 e. The zero-order valence-corrected chi connectivity index (χ0v) is 14.7. The number of carbonyl (C=O) groups is 1. The topological polar surface area (TPSA) is 98.9 Å². The summed E-state index contributed by atoms with van der Waals surface area (Å²) in [5, 5.41) is 8.58. The maximum atomic E-state index is 12.1. The molecule has 0 radical (unpaired) electrons. The lowest BCUT2D eigenvalue weighted by Gasteiger charge is -2.08. The molecule has 0 saturated heterocycles. The Morgan fingerprint density at radius 2 is 2.08 bits per heavy atom. The van der Waals surface area contributed by atoms with Gasteiger partial charge in [-0.2, -0.15) is 5.10 Å². The fourth-order valence-electron chi connectivity index (χ4n) is 2.33. The Balaban J connectivity index is 1.50. The van der Waals surface area contributed by atoms with Crippen molar-refractivity contribution in [2.75, 3.05) is 6.54 Å². The maximum absolute atomic E-state index is 12.1. The summed E-state index contributed by atoms with van der Waals surface area (Å²) in [4.78, 5) is 40.7. The summed E-state index contributed by atoms with van der Waals surface area (Å²) in [6.45, 7) is 0.703. The lowest BCUT2D eigenvalue weighted by molar-refractivity contribution is -0.121. The van der Waals surface area contributed by atoms with E-state index in [1.807, 2.05) is 17.5 Å². The Morgan fingerprint density at radius 3 is 2.81 bits per heavy atom. The molecule has 3 aromatic heterocycles. The van der Waals surface area contributed by atoms with Crippen molar-refractivity contribution in [1.82, 2.24) is 24.6 Å². The highest BCUT2D eigenvalue weighted by Gasteiger charge is 2.07. The van der Waals surface area contributed by atoms with E-state index in [9.17, 15) is 14.4 Å². The summed E-state index contributed by atoms with van der Waals surface area (Å²) in [5.74, 6) is -0.286. The van der Waals surface area contributed by atoms with Crippen LogP contribution in [0.3, 0.4) is 0 Å². The van der Waals surface area contributed by atoms with E-state index in [0.29, 0.717) is 25.2 Å². The molecule has 134 valence electrons. The normalized spacial score (nSPS) is 10.6. The van der Waals surface area contributed by atoms with E-state index >= 15 is 0 Å². The summed E-state index contributed by atoms with van der Waals surface area (Å²) in [6.07, 6.45) is 3.48. The van der Waals surface area contributed by atoms with E-state index in [1.54, 1.807) is 12.3 Å². The van der Waals surface area contributed by atoms with Crippen molar-refractivity contribution in [3.8, 4) is 10.6 Å². The van der Waals surface area contributed by atoms with Crippen LogP contribution in [0.5, 0.6) is 0 Å². The van der Waals surface area contributed by atoms with Gasteiger partial charge < -0.3 is 5.32 Å². The van der Waals surface area contributed by atoms with Gasteiger partial charge in [0.2, 0.25) is 5.91 Å². The van der Waals surface area contributed by atoms with Gasteiger partial charge in [-0.15, -0.1) is 11.3 Å². The molecule has 26 heavy (non-hydrogen) atoms. The highest BCUT2D eigenvalue weighted by Crippen LogP contribution is 2.20. The number of hydrogen-bond donors (Lipinski definition) is 1. The van der Waals surface area contributed by atoms with Crippen molar-refractivity contribution in [2.45, 2.75) is 19.5 Å². The molecule has 8 nitrogen and oxygen atoms in total. The fourth-order valence-corrected chi connectivity index (χ4v) is 3.02. The van der Waals surface area contributed by atoms with Crippen LogP contribution in [0.2, 0.25) is 0 Å². The largest absolute Gasteiger partial charge is 0.354 e. The average molecular weight is 371 g/mol. The third-order valence-electron chi connectivity index (χ3n) is 3.62. The van der Waals surface area contributed by atoms with Crippen molar-refractivity contribution in [3.63, 3.8) is 0 Å². The first-order valence-electron chi connectivity index (χ1n) is 8.03. The van der Waals surface area contributed by atoms with E-state index in [0.717, 1.165) is 4.88 Å². The molecule has 0 aromatic carbocycles. The number of amides is 1. The lowest BCUT2D eigenvalue weighted by Crippen LogP contribution is -2.33. The quantitative estimate of drug-likeness (QED) is 0.618. The summed E-state index contributed by atoms with van der Waals surface area (Å²) < 4.78 is 2.60. The summed E-state index contributed by atoms with van der Waals surface area (Å²) in [5.41, 5.74) is 0.142. The Morgan fingerprint density at radius 1 is 1.19 bits per heavy atom. The molecule has 0 aliphatic carbocycles. The monoisotopic (exact) mass is 371 g/mol. The van der Waals surface area contributed by atoms with Gasteiger partial charge >= 0.3 is 0 Å². The van der Waals surface area contributed by atoms with E-state index in [-0.39, 0.29) is 23.6 Å². The minimum absolute atomic E-state index is 0.0971. The van der Waals surface area contributed by atoms with Crippen LogP contribution < -0.4 is 16.4 Å². The Bertz CT molecular complexity index is 994. The maximum Gasteiger partial charge on any atom is 0.266 e. The zero-order valence-electron chi connectivity index (χ0n) is 13.9. The second-order valence-electron chi connectivity index (χ2n) is 5.51. The van der Waals surface area contributed by atoms with E-state index in [1.165, 1.54) is 39.0 Å². The molecule has 0 unspecified atom stereocenters. The van der Waals surface area contributed by atoms with Gasteiger partial charge in [0.25, 0.3) is 11.1 Å². The van der Waals surface area contributed by atoms with Crippen LogP contribution in [0.1, 0.15) is 6.42 Å². The molecule has 0 fully saturated rings.